The van der Waals surface area contributed by atoms with Crippen LogP contribution < -0.4 is 14.2 Å². The number of benzene rings is 2. The van der Waals surface area contributed by atoms with Crippen molar-refractivity contribution < 1.29 is 23.8 Å². The Bertz CT molecular complexity index is 1040. The van der Waals surface area contributed by atoms with Crippen molar-refractivity contribution >= 4 is 23.9 Å². The average Bonchev–Trinajstić information content (AvgIpc) is 2.71. The van der Waals surface area contributed by atoms with Crippen molar-refractivity contribution in [3.63, 3.8) is 0 Å². The molecule has 0 fully saturated rings. The first kappa shape index (κ1) is 21.1. The fourth-order valence-corrected chi connectivity index (χ4v) is 3.01. The van der Waals surface area contributed by atoms with Crippen LogP contribution >= 0.6 is 0 Å². The van der Waals surface area contributed by atoms with E-state index in [0.29, 0.717) is 11.3 Å². The van der Waals surface area contributed by atoms with E-state index in [0.717, 1.165) is 5.56 Å². The number of carbonyl (C=O) groups excluding carboxylic acids is 2. The summed E-state index contributed by atoms with van der Waals surface area (Å²) in [7, 11) is 1.45. The molecule has 0 bridgehead atoms. The van der Waals surface area contributed by atoms with E-state index in [1.165, 1.54) is 19.3 Å². The molecule has 0 atom stereocenters. The molecule has 0 spiro atoms. The molecule has 5 heteroatoms. The van der Waals surface area contributed by atoms with E-state index in [4.69, 9.17) is 14.2 Å². The maximum atomic E-state index is 13.1. The highest BCUT2D eigenvalue weighted by molar-refractivity contribution is 6.12. The van der Waals surface area contributed by atoms with Crippen molar-refractivity contribution in [3.8, 4) is 17.2 Å². The molecule has 0 saturated heterocycles. The van der Waals surface area contributed by atoms with Gasteiger partial charge in [0.05, 0.1) is 12.7 Å². The summed E-state index contributed by atoms with van der Waals surface area (Å²) in [5.74, 6) is -0.108. The van der Waals surface area contributed by atoms with Crippen LogP contribution in [0.15, 0.2) is 54.6 Å². The van der Waals surface area contributed by atoms with Crippen molar-refractivity contribution in [1.29, 1.82) is 0 Å². The summed E-state index contributed by atoms with van der Waals surface area (Å²) >= 11 is 0. The Morgan fingerprint density at radius 2 is 1.90 bits per heavy atom. The fourth-order valence-electron chi connectivity index (χ4n) is 3.01. The molecule has 0 aliphatic carbocycles. The van der Waals surface area contributed by atoms with Gasteiger partial charge in [-0.25, -0.2) is 4.79 Å². The monoisotopic (exact) mass is 403 g/mol. The summed E-state index contributed by atoms with van der Waals surface area (Å²) in [5, 5.41) is 0. The van der Waals surface area contributed by atoms with Gasteiger partial charge in [0.1, 0.15) is 22.7 Å². The third kappa shape index (κ3) is 4.69. The van der Waals surface area contributed by atoms with Gasteiger partial charge >= 0.3 is 5.97 Å². The molecule has 1 aliphatic heterocycles. The molecule has 5 nitrogen and oxygen atoms in total. The molecule has 0 amide bonds. The number of ether oxygens (including phenoxy) is 3. The molecule has 153 valence electrons. The third-order valence-electron chi connectivity index (χ3n) is 4.41. The van der Waals surface area contributed by atoms with Crippen LogP contribution in [-0.4, -0.2) is 24.5 Å². The van der Waals surface area contributed by atoms with Crippen LogP contribution in [0.5, 0.6) is 17.2 Å². The lowest BCUT2D eigenvalue weighted by atomic mass is 9.97. The SMILES string of the molecule is C/C=C/C(=O)Oc1c2c(cc(OC)c1C(=O)/C=C/c1cc[c]cc1)OC(C)(C)C=C2. The van der Waals surface area contributed by atoms with E-state index in [2.05, 4.69) is 6.07 Å². The second-order valence-corrected chi connectivity index (χ2v) is 7.19. The third-order valence-corrected chi connectivity index (χ3v) is 4.41. The minimum atomic E-state index is -0.595. The van der Waals surface area contributed by atoms with Gasteiger partial charge in [-0.3, -0.25) is 4.79 Å². The quantitative estimate of drug-likeness (QED) is 0.292. The molecule has 1 aliphatic rings. The highest BCUT2D eigenvalue weighted by atomic mass is 16.5. The molecule has 1 heterocycles. The number of allylic oxidation sites excluding steroid dienone is 2. The number of hydrogen-bond donors (Lipinski definition) is 0. The summed E-state index contributed by atoms with van der Waals surface area (Å²) in [6, 6.07) is 11.8. The van der Waals surface area contributed by atoms with Gasteiger partial charge < -0.3 is 14.2 Å². The number of esters is 1. The van der Waals surface area contributed by atoms with Crippen LogP contribution in [0.3, 0.4) is 0 Å². The van der Waals surface area contributed by atoms with Gasteiger partial charge in [-0.15, -0.1) is 0 Å². The van der Waals surface area contributed by atoms with Crippen molar-refractivity contribution in [3.05, 3.63) is 77.4 Å². The summed E-state index contributed by atoms with van der Waals surface area (Å²) in [5.41, 5.74) is 0.967. The van der Waals surface area contributed by atoms with E-state index >= 15 is 0 Å². The zero-order chi connectivity index (χ0) is 21.7. The Balaban J connectivity index is 2.13. The second-order valence-electron chi connectivity index (χ2n) is 7.19. The predicted octanol–water partition coefficient (Wildman–Crippen LogP) is 5.06. The van der Waals surface area contributed by atoms with Gasteiger partial charge in [0.15, 0.2) is 11.5 Å². The zero-order valence-corrected chi connectivity index (χ0v) is 17.4. The molecule has 0 unspecified atom stereocenters. The Morgan fingerprint density at radius 1 is 1.17 bits per heavy atom. The number of methoxy groups -OCH3 is 1. The van der Waals surface area contributed by atoms with E-state index in [1.807, 2.05) is 32.1 Å². The molecule has 2 aromatic carbocycles. The normalized spacial score (nSPS) is 14.4. The number of carbonyl (C=O) groups is 2. The largest absolute Gasteiger partial charge is 0.496 e. The molecule has 0 aromatic heterocycles. The van der Waals surface area contributed by atoms with Gasteiger partial charge in [-0.2, -0.15) is 0 Å². The van der Waals surface area contributed by atoms with Crippen LogP contribution in [0.25, 0.3) is 12.2 Å². The highest BCUT2D eigenvalue weighted by Crippen LogP contribution is 2.44. The molecule has 0 N–H and O–H groups in total. The summed E-state index contributed by atoms with van der Waals surface area (Å²) in [4.78, 5) is 25.4. The molecule has 3 rings (SSSR count). The molecular weight excluding hydrogens is 380 g/mol. The molecule has 2 aromatic rings. The lowest BCUT2D eigenvalue weighted by Crippen LogP contribution is -2.28. The molecule has 0 saturated carbocycles. The van der Waals surface area contributed by atoms with Crippen LogP contribution in [-0.2, 0) is 4.79 Å². The Morgan fingerprint density at radius 3 is 2.57 bits per heavy atom. The van der Waals surface area contributed by atoms with Crippen LogP contribution in [0.4, 0.5) is 0 Å². The first-order valence-electron chi connectivity index (χ1n) is 9.51. The van der Waals surface area contributed by atoms with E-state index in [1.54, 1.807) is 43.4 Å². The lowest BCUT2D eigenvalue weighted by molar-refractivity contribution is -0.129. The van der Waals surface area contributed by atoms with Gasteiger partial charge in [-0.1, -0.05) is 36.4 Å². The smallest absolute Gasteiger partial charge is 0.335 e. The van der Waals surface area contributed by atoms with Crippen LogP contribution in [0.2, 0.25) is 0 Å². The lowest BCUT2D eigenvalue weighted by Gasteiger charge is -2.29. The number of ketones is 1. The van der Waals surface area contributed by atoms with Crippen molar-refractivity contribution in [1.82, 2.24) is 0 Å². The molecular formula is C25H23O5. The van der Waals surface area contributed by atoms with Gasteiger partial charge in [0.25, 0.3) is 0 Å². The summed E-state index contributed by atoms with van der Waals surface area (Å²) < 4.78 is 17.0. The Kier molecular flexibility index (Phi) is 6.21. The van der Waals surface area contributed by atoms with E-state index in [-0.39, 0.29) is 22.8 Å². The van der Waals surface area contributed by atoms with Crippen LogP contribution in [0, 0.1) is 6.07 Å². The van der Waals surface area contributed by atoms with E-state index < -0.39 is 11.6 Å². The summed E-state index contributed by atoms with van der Waals surface area (Å²) in [6.07, 6.45) is 9.60. The Labute approximate surface area is 176 Å². The van der Waals surface area contributed by atoms with E-state index in [9.17, 15) is 9.59 Å². The van der Waals surface area contributed by atoms with Gasteiger partial charge in [0.2, 0.25) is 0 Å². The zero-order valence-electron chi connectivity index (χ0n) is 17.4. The molecule has 30 heavy (non-hydrogen) atoms. The number of hydrogen-bond acceptors (Lipinski definition) is 5. The van der Waals surface area contributed by atoms with Gasteiger partial charge in [0, 0.05) is 12.1 Å². The maximum Gasteiger partial charge on any atom is 0.335 e. The summed E-state index contributed by atoms with van der Waals surface area (Å²) in [6.45, 7) is 5.52. The second kappa shape index (κ2) is 8.82. The minimum absolute atomic E-state index is 0.107. The topological polar surface area (TPSA) is 61.8 Å². The predicted molar refractivity (Wildman–Crippen MR) is 116 cm³/mol. The maximum absolute atomic E-state index is 13.1. The Hall–Kier alpha value is -3.60. The van der Waals surface area contributed by atoms with Crippen molar-refractivity contribution in [2.24, 2.45) is 0 Å². The first-order valence-corrected chi connectivity index (χ1v) is 9.51. The van der Waals surface area contributed by atoms with Crippen molar-refractivity contribution in [2.75, 3.05) is 7.11 Å². The fraction of sp³-hybridized carbons (Fsp3) is 0.200. The first-order chi connectivity index (χ1) is 14.3. The molecule has 1 radical (unpaired) electrons. The number of fused-ring (bicyclic) bond motifs is 1. The van der Waals surface area contributed by atoms with Gasteiger partial charge in [-0.05, 0) is 50.6 Å². The standard InChI is InChI=1S/C25H23O5/c1-5-9-22(27)29-24-18-14-15-25(2,3)30-20(18)16-21(28-4)23(24)19(26)13-12-17-10-7-6-8-11-17/h5,7-16H,1-4H3/b9-5+,13-12+. The average molecular weight is 403 g/mol. The van der Waals surface area contributed by atoms with Crippen LogP contribution in [0.1, 0.15) is 42.3 Å². The number of rotatable bonds is 6. The van der Waals surface area contributed by atoms with Crippen molar-refractivity contribution in [2.45, 2.75) is 26.4 Å². The minimum Gasteiger partial charge on any atom is -0.496 e. The highest BCUT2D eigenvalue weighted by Gasteiger charge is 2.30.